The number of rotatable bonds is 2. The molecule has 74 valence electrons. The number of nitrogens with zero attached hydrogens (tertiary/aromatic N) is 2. The molecule has 0 unspecified atom stereocenters. The van der Waals surface area contributed by atoms with E-state index < -0.39 is 0 Å². The molecule has 0 bridgehead atoms. The summed E-state index contributed by atoms with van der Waals surface area (Å²) in [6, 6.07) is 4.16. The minimum atomic E-state index is 0.913. The quantitative estimate of drug-likeness (QED) is 0.637. The topological polar surface area (TPSA) is 24.7 Å². The fraction of sp³-hybridized carbons (Fsp3) is 0.333. The van der Waals surface area contributed by atoms with Crippen molar-refractivity contribution < 1.29 is 0 Å². The Kier molecular flexibility index (Phi) is 3.18. The van der Waals surface area contributed by atoms with Gasteiger partial charge in [0.15, 0.2) is 0 Å². The summed E-state index contributed by atoms with van der Waals surface area (Å²) in [4.78, 5) is 8.18. The summed E-state index contributed by atoms with van der Waals surface area (Å²) in [5.41, 5.74) is 5.48. The average Bonchev–Trinajstić information content (AvgIpc) is 2.20. The Morgan fingerprint density at radius 1 is 1.21 bits per heavy atom. The van der Waals surface area contributed by atoms with Crippen LogP contribution in [0.5, 0.6) is 0 Å². The zero-order valence-corrected chi connectivity index (χ0v) is 9.26. The van der Waals surface area contributed by atoms with Gasteiger partial charge in [-0.2, -0.15) is 0 Å². The fourth-order valence-corrected chi connectivity index (χ4v) is 1.34. The Bertz CT molecular complexity index is 390. The van der Waals surface area contributed by atoms with Crippen molar-refractivity contribution in [1.82, 2.24) is 0 Å². The maximum Gasteiger partial charge on any atom is 0.0715 e. The third-order valence-corrected chi connectivity index (χ3v) is 2.51. The zero-order chi connectivity index (χ0) is 10.7. The molecule has 2 nitrogen and oxygen atoms in total. The van der Waals surface area contributed by atoms with Gasteiger partial charge in [0.05, 0.1) is 5.69 Å². The van der Waals surface area contributed by atoms with Crippen LogP contribution in [0.2, 0.25) is 0 Å². The first kappa shape index (κ1) is 10.6. The van der Waals surface area contributed by atoms with E-state index >= 15 is 0 Å². The molecule has 0 heterocycles. The monoisotopic (exact) mass is 188 g/mol. The Labute approximate surface area is 85.4 Å². The van der Waals surface area contributed by atoms with E-state index in [0.29, 0.717) is 0 Å². The van der Waals surface area contributed by atoms with Gasteiger partial charge in [0.2, 0.25) is 0 Å². The lowest BCUT2D eigenvalue weighted by atomic mass is 10.0. The zero-order valence-electron chi connectivity index (χ0n) is 9.26. The molecule has 14 heavy (non-hydrogen) atoms. The molecule has 2 heteroatoms. The highest BCUT2D eigenvalue weighted by atomic mass is 14.7. The van der Waals surface area contributed by atoms with E-state index in [1.807, 2.05) is 13.0 Å². The maximum atomic E-state index is 4.17. The van der Waals surface area contributed by atoms with Crippen molar-refractivity contribution in [1.29, 1.82) is 0 Å². The largest absolute Gasteiger partial charge is 0.293 e. The first-order valence-corrected chi connectivity index (χ1v) is 4.62. The predicted octanol–water partition coefficient (Wildman–Crippen LogP) is 3.07. The summed E-state index contributed by atoms with van der Waals surface area (Å²) < 4.78 is 0. The first-order valence-electron chi connectivity index (χ1n) is 4.62. The van der Waals surface area contributed by atoms with Crippen LogP contribution in [0, 0.1) is 13.8 Å². The number of aliphatic imine (C=N–C) groups is 2. The van der Waals surface area contributed by atoms with Gasteiger partial charge in [-0.15, -0.1) is 0 Å². The normalized spacial score (nSPS) is 11.6. The molecule has 0 aliphatic carbocycles. The van der Waals surface area contributed by atoms with E-state index in [1.54, 1.807) is 7.05 Å². The van der Waals surface area contributed by atoms with E-state index in [4.69, 9.17) is 0 Å². The fourth-order valence-electron chi connectivity index (χ4n) is 1.34. The molecule has 0 spiro atoms. The van der Waals surface area contributed by atoms with E-state index in [0.717, 1.165) is 17.0 Å². The lowest BCUT2D eigenvalue weighted by molar-refractivity contribution is 1.31. The lowest BCUT2D eigenvalue weighted by Gasteiger charge is -2.08. The van der Waals surface area contributed by atoms with Gasteiger partial charge in [0.1, 0.15) is 0 Å². The molecule has 0 fully saturated rings. The molecule has 0 amide bonds. The van der Waals surface area contributed by atoms with Crippen molar-refractivity contribution in [3.05, 3.63) is 28.8 Å². The summed E-state index contributed by atoms with van der Waals surface area (Å²) in [7, 11) is 1.79. The molecule has 0 saturated carbocycles. The second kappa shape index (κ2) is 4.18. The number of hydrogen-bond acceptors (Lipinski definition) is 2. The maximum absolute atomic E-state index is 4.17. The van der Waals surface area contributed by atoms with Crippen LogP contribution in [-0.4, -0.2) is 19.5 Å². The first-order chi connectivity index (χ1) is 6.60. The van der Waals surface area contributed by atoms with Crippen molar-refractivity contribution in [2.75, 3.05) is 7.05 Å². The highest BCUT2D eigenvalue weighted by Crippen LogP contribution is 2.23. The third-order valence-electron chi connectivity index (χ3n) is 2.51. The van der Waals surface area contributed by atoms with E-state index in [2.05, 4.69) is 36.6 Å². The van der Waals surface area contributed by atoms with Gasteiger partial charge in [-0.3, -0.25) is 9.98 Å². The molecule has 0 aliphatic heterocycles. The van der Waals surface area contributed by atoms with Crippen molar-refractivity contribution in [2.24, 2.45) is 9.98 Å². The van der Waals surface area contributed by atoms with Gasteiger partial charge >= 0.3 is 0 Å². The summed E-state index contributed by atoms with van der Waals surface area (Å²) >= 11 is 0. The summed E-state index contributed by atoms with van der Waals surface area (Å²) in [6.45, 7) is 9.73. The predicted molar refractivity (Wildman–Crippen MR) is 63.3 cm³/mol. The molecule has 1 aromatic rings. The van der Waals surface area contributed by atoms with Gasteiger partial charge in [-0.05, 0) is 50.7 Å². The Balaban J connectivity index is 3.42. The molecule has 0 aliphatic rings. The number of benzene rings is 1. The van der Waals surface area contributed by atoms with Crippen LogP contribution >= 0.6 is 0 Å². The Hall–Kier alpha value is -1.44. The van der Waals surface area contributed by atoms with Crippen LogP contribution in [0.1, 0.15) is 23.6 Å². The highest BCUT2D eigenvalue weighted by molar-refractivity contribution is 6.03. The summed E-state index contributed by atoms with van der Waals surface area (Å²) in [5, 5.41) is 0. The van der Waals surface area contributed by atoms with Crippen molar-refractivity contribution in [2.45, 2.75) is 20.8 Å². The molecule has 0 saturated heterocycles. The molecule has 0 aromatic heterocycles. The van der Waals surface area contributed by atoms with Gasteiger partial charge in [-0.25, -0.2) is 0 Å². The van der Waals surface area contributed by atoms with Crippen LogP contribution in [0.4, 0.5) is 5.69 Å². The molecule has 0 N–H and O–H groups in total. The summed E-state index contributed by atoms with van der Waals surface area (Å²) in [6.07, 6.45) is 0. The molecular formula is C12H16N2. The van der Waals surface area contributed by atoms with Gasteiger partial charge in [-0.1, -0.05) is 0 Å². The Morgan fingerprint density at radius 2 is 1.79 bits per heavy atom. The summed E-state index contributed by atoms with van der Waals surface area (Å²) in [5.74, 6) is 0. The molecular weight excluding hydrogens is 172 g/mol. The molecule has 1 aromatic carbocycles. The minimum absolute atomic E-state index is 0.913. The lowest BCUT2D eigenvalue weighted by Crippen LogP contribution is -1.97. The average molecular weight is 188 g/mol. The van der Waals surface area contributed by atoms with Gasteiger partial charge in [0, 0.05) is 18.3 Å². The smallest absolute Gasteiger partial charge is 0.0715 e. The van der Waals surface area contributed by atoms with Crippen LogP contribution in [0.15, 0.2) is 22.1 Å². The Morgan fingerprint density at radius 3 is 2.29 bits per heavy atom. The van der Waals surface area contributed by atoms with Crippen LogP contribution in [0.25, 0.3) is 0 Å². The van der Waals surface area contributed by atoms with Crippen LogP contribution < -0.4 is 0 Å². The second-order valence-electron chi connectivity index (χ2n) is 3.42. The molecule has 0 radical (unpaired) electrons. The third kappa shape index (κ3) is 1.90. The van der Waals surface area contributed by atoms with E-state index in [9.17, 15) is 0 Å². The van der Waals surface area contributed by atoms with Crippen LogP contribution in [0.3, 0.4) is 0 Å². The van der Waals surface area contributed by atoms with Crippen molar-refractivity contribution in [3.63, 3.8) is 0 Å². The number of aryl methyl sites for hydroxylation is 2. The highest BCUT2D eigenvalue weighted by Gasteiger charge is 2.05. The van der Waals surface area contributed by atoms with Crippen LogP contribution in [-0.2, 0) is 0 Å². The van der Waals surface area contributed by atoms with Gasteiger partial charge in [0.25, 0.3) is 0 Å². The van der Waals surface area contributed by atoms with E-state index in [-0.39, 0.29) is 0 Å². The minimum Gasteiger partial charge on any atom is -0.293 e. The van der Waals surface area contributed by atoms with Crippen molar-refractivity contribution in [3.8, 4) is 0 Å². The SMILES string of the molecule is C=Nc1cc(C)c(C)cc1C(C)=NC. The van der Waals surface area contributed by atoms with Crippen molar-refractivity contribution >= 4 is 18.1 Å². The van der Waals surface area contributed by atoms with E-state index in [1.165, 1.54) is 11.1 Å². The van der Waals surface area contributed by atoms with Gasteiger partial charge < -0.3 is 0 Å². The standard InChI is InChI=1S/C12H16N2/c1-8-6-11(10(3)13-4)12(14-5)7-9(8)2/h6-7H,5H2,1-4H3. The number of hydrogen-bond donors (Lipinski definition) is 0. The second-order valence-corrected chi connectivity index (χ2v) is 3.42. The molecule has 1 rings (SSSR count). The molecule has 0 atom stereocenters.